The highest BCUT2D eigenvalue weighted by molar-refractivity contribution is 5.97. The number of carbonyl (C=O) groups excluding carboxylic acids is 2. The molecule has 3 N–H and O–H groups in total. The molecule has 1 aromatic rings. The highest BCUT2D eigenvalue weighted by Gasteiger charge is 2.22. The van der Waals surface area contributed by atoms with E-state index in [4.69, 9.17) is 9.47 Å². The van der Waals surface area contributed by atoms with Crippen LogP contribution in [0, 0.1) is 0 Å². The van der Waals surface area contributed by atoms with Gasteiger partial charge in [-0.3, -0.25) is 9.59 Å². The number of carbonyl (C=O) groups is 2. The van der Waals surface area contributed by atoms with E-state index in [0.717, 1.165) is 5.56 Å². The third-order valence-corrected chi connectivity index (χ3v) is 4.18. The van der Waals surface area contributed by atoms with Crippen LogP contribution < -0.4 is 15.4 Å². The lowest BCUT2D eigenvalue weighted by atomic mass is 10.1. The lowest BCUT2D eigenvalue weighted by Crippen LogP contribution is -2.39. The van der Waals surface area contributed by atoms with Gasteiger partial charge in [-0.1, -0.05) is 13.0 Å². The van der Waals surface area contributed by atoms with Crippen molar-refractivity contribution in [1.82, 2.24) is 10.2 Å². The number of fused-ring (bicyclic) bond motifs is 1. The summed E-state index contributed by atoms with van der Waals surface area (Å²) < 4.78 is 10.5. The number of phenolic OH excluding ortho intramolecular Hbond substituents is 1. The number of hydrogen-bond acceptors (Lipinski definition) is 6. The number of ether oxygens (including phenoxy) is 2. The SMILES string of the molecule is CCC(=O)N(CCNCCc1ccc(O)c2c1OCC(=O)N2)CCOC. The quantitative estimate of drug-likeness (QED) is 0.418. The maximum atomic E-state index is 11.9. The smallest absolute Gasteiger partial charge is 0.262 e. The number of phenols is 1. The lowest BCUT2D eigenvalue weighted by Gasteiger charge is -2.23. The summed E-state index contributed by atoms with van der Waals surface area (Å²) in [5.41, 5.74) is 1.24. The molecule has 0 radical (unpaired) electrons. The third-order valence-electron chi connectivity index (χ3n) is 4.18. The van der Waals surface area contributed by atoms with E-state index in [1.54, 1.807) is 24.1 Å². The Morgan fingerprint density at radius 1 is 1.38 bits per heavy atom. The summed E-state index contributed by atoms with van der Waals surface area (Å²) in [6.45, 7) is 4.89. The molecule has 2 amide bonds. The molecule has 0 saturated heterocycles. The zero-order valence-corrected chi connectivity index (χ0v) is 15.3. The van der Waals surface area contributed by atoms with Gasteiger partial charge in [-0.15, -0.1) is 0 Å². The van der Waals surface area contributed by atoms with E-state index in [0.29, 0.717) is 57.1 Å². The van der Waals surface area contributed by atoms with E-state index >= 15 is 0 Å². The highest BCUT2D eigenvalue weighted by Crippen LogP contribution is 2.39. The van der Waals surface area contributed by atoms with Gasteiger partial charge in [0.2, 0.25) is 5.91 Å². The largest absolute Gasteiger partial charge is 0.506 e. The van der Waals surface area contributed by atoms with E-state index in [1.807, 2.05) is 6.92 Å². The van der Waals surface area contributed by atoms with E-state index in [9.17, 15) is 14.7 Å². The number of methoxy groups -OCH3 is 1. The summed E-state index contributed by atoms with van der Waals surface area (Å²) in [4.78, 5) is 25.1. The number of nitrogens with one attached hydrogen (secondary N) is 2. The summed E-state index contributed by atoms with van der Waals surface area (Å²) in [6.07, 6.45) is 1.16. The van der Waals surface area contributed by atoms with E-state index in [2.05, 4.69) is 10.6 Å². The van der Waals surface area contributed by atoms with Gasteiger partial charge in [-0.25, -0.2) is 0 Å². The molecule has 0 unspecified atom stereocenters. The predicted molar refractivity (Wildman–Crippen MR) is 97.6 cm³/mol. The van der Waals surface area contributed by atoms with Crippen LogP contribution >= 0.6 is 0 Å². The van der Waals surface area contributed by atoms with Crippen LogP contribution in [-0.2, 0) is 20.7 Å². The topological polar surface area (TPSA) is 100 Å². The van der Waals surface area contributed by atoms with Crippen LogP contribution in [0.2, 0.25) is 0 Å². The first kappa shape index (κ1) is 20.0. The van der Waals surface area contributed by atoms with Crippen molar-refractivity contribution >= 4 is 17.5 Å². The normalized spacial score (nSPS) is 12.9. The number of nitrogens with zero attached hydrogens (tertiary/aromatic N) is 1. The fourth-order valence-electron chi connectivity index (χ4n) is 2.76. The molecular formula is C18H27N3O5. The molecule has 8 heteroatoms. The minimum Gasteiger partial charge on any atom is -0.506 e. The Labute approximate surface area is 153 Å². The summed E-state index contributed by atoms with van der Waals surface area (Å²) in [6, 6.07) is 3.34. The molecule has 144 valence electrons. The molecule has 0 bridgehead atoms. The molecule has 0 aromatic heterocycles. The van der Waals surface area contributed by atoms with Crippen LogP contribution in [0.25, 0.3) is 0 Å². The first-order valence-electron chi connectivity index (χ1n) is 8.81. The van der Waals surface area contributed by atoms with Gasteiger partial charge in [0.15, 0.2) is 12.4 Å². The maximum absolute atomic E-state index is 11.9. The number of rotatable bonds is 10. The Morgan fingerprint density at radius 3 is 2.92 bits per heavy atom. The third kappa shape index (κ3) is 5.34. The van der Waals surface area contributed by atoms with E-state index < -0.39 is 0 Å². The van der Waals surface area contributed by atoms with Crippen LogP contribution in [0.1, 0.15) is 18.9 Å². The Bertz CT molecular complexity index is 635. The van der Waals surface area contributed by atoms with Gasteiger partial charge in [0.05, 0.1) is 6.61 Å². The van der Waals surface area contributed by atoms with Gasteiger partial charge < -0.3 is 30.1 Å². The second-order valence-electron chi connectivity index (χ2n) is 6.01. The van der Waals surface area contributed by atoms with Crippen LogP contribution in [-0.4, -0.2) is 68.3 Å². The average Bonchev–Trinajstić information content (AvgIpc) is 2.65. The number of hydrogen-bond donors (Lipinski definition) is 3. The van der Waals surface area contributed by atoms with Crippen LogP contribution in [0.4, 0.5) is 5.69 Å². The molecule has 0 saturated carbocycles. The molecule has 1 aromatic carbocycles. The molecule has 1 heterocycles. The van der Waals surface area contributed by atoms with E-state index in [1.165, 1.54) is 0 Å². The number of amides is 2. The molecule has 0 atom stereocenters. The van der Waals surface area contributed by atoms with Crippen molar-refractivity contribution < 1.29 is 24.2 Å². The maximum Gasteiger partial charge on any atom is 0.262 e. The van der Waals surface area contributed by atoms with Gasteiger partial charge >= 0.3 is 0 Å². The molecule has 0 fully saturated rings. The van der Waals surface area contributed by atoms with Crippen molar-refractivity contribution in [3.63, 3.8) is 0 Å². The monoisotopic (exact) mass is 365 g/mol. The molecule has 2 rings (SSSR count). The molecule has 0 aliphatic carbocycles. The zero-order valence-electron chi connectivity index (χ0n) is 15.3. The van der Waals surface area contributed by atoms with Crippen molar-refractivity contribution in [3.05, 3.63) is 17.7 Å². The second kappa shape index (κ2) is 9.98. The Morgan fingerprint density at radius 2 is 2.19 bits per heavy atom. The first-order valence-corrected chi connectivity index (χ1v) is 8.81. The van der Waals surface area contributed by atoms with Crippen LogP contribution in [0.5, 0.6) is 11.5 Å². The number of aromatic hydroxyl groups is 1. The van der Waals surface area contributed by atoms with Crippen LogP contribution in [0.15, 0.2) is 12.1 Å². The lowest BCUT2D eigenvalue weighted by molar-refractivity contribution is -0.131. The summed E-state index contributed by atoms with van der Waals surface area (Å²) in [5, 5.41) is 15.8. The Kier molecular flexibility index (Phi) is 7.68. The zero-order chi connectivity index (χ0) is 18.9. The van der Waals surface area contributed by atoms with Crippen molar-refractivity contribution in [1.29, 1.82) is 0 Å². The van der Waals surface area contributed by atoms with E-state index in [-0.39, 0.29) is 24.2 Å². The van der Waals surface area contributed by atoms with Gasteiger partial charge in [0, 0.05) is 33.2 Å². The summed E-state index contributed by atoms with van der Waals surface area (Å²) in [7, 11) is 1.62. The average molecular weight is 365 g/mol. The van der Waals surface area contributed by atoms with Gasteiger partial charge in [0.25, 0.3) is 5.91 Å². The summed E-state index contributed by atoms with van der Waals surface area (Å²) in [5.74, 6) is 0.353. The van der Waals surface area contributed by atoms with Gasteiger partial charge in [-0.05, 0) is 24.6 Å². The molecule has 8 nitrogen and oxygen atoms in total. The summed E-state index contributed by atoms with van der Waals surface area (Å²) >= 11 is 0. The Balaban J connectivity index is 1.82. The van der Waals surface area contributed by atoms with Gasteiger partial charge in [0.1, 0.15) is 11.4 Å². The molecule has 1 aliphatic rings. The van der Waals surface area contributed by atoms with Crippen molar-refractivity contribution in [2.24, 2.45) is 0 Å². The van der Waals surface area contributed by atoms with Crippen molar-refractivity contribution in [2.45, 2.75) is 19.8 Å². The second-order valence-corrected chi connectivity index (χ2v) is 6.01. The predicted octanol–water partition coefficient (Wildman–Crippen LogP) is 0.740. The minimum absolute atomic E-state index is 0.00313. The molecular weight excluding hydrogens is 338 g/mol. The van der Waals surface area contributed by atoms with Crippen molar-refractivity contribution in [3.8, 4) is 11.5 Å². The fourth-order valence-corrected chi connectivity index (χ4v) is 2.76. The first-order chi connectivity index (χ1) is 12.6. The molecule has 0 spiro atoms. The molecule has 26 heavy (non-hydrogen) atoms. The number of anilines is 1. The molecule has 1 aliphatic heterocycles. The van der Waals surface area contributed by atoms with Crippen LogP contribution in [0.3, 0.4) is 0 Å². The fraction of sp³-hybridized carbons (Fsp3) is 0.556. The standard InChI is InChI=1S/C18H27N3O5/c1-3-16(24)21(10-11-25-2)9-8-19-7-6-13-4-5-14(22)17-18(13)26-12-15(23)20-17/h4-5,19,22H,3,6-12H2,1-2H3,(H,20,23). The highest BCUT2D eigenvalue weighted by atomic mass is 16.5. The minimum atomic E-state index is -0.278. The van der Waals surface area contributed by atoms with Crippen molar-refractivity contribution in [2.75, 3.05) is 51.8 Å². The van der Waals surface area contributed by atoms with Gasteiger partial charge in [-0.2, -0.15) is 0 Å². The number of benzene rings is 1. The Hall–Kier alpha value is -2.32.